The maximum Gasteiger partial charge on any atom is 0.0159 e. The fourth-order valence-electron chi connectivity index (χ4n) is 7.11. The van der Waals surface area contributed by atoms with Gasteiger partial charge < -0.3 is 0 Å². The Kier molecular flexibility index (Phi) is 4.67. The highest BCUT2D eigenvalue weighted by Gasteiger charge is 2.35. The zero-order valence-corrected chi connectivity index (χ0v) is 22.2. The lowest BCUT2D eigenvalue weighted by Gasteiger charge is -2.36. The molecular formula is C39H28. The van der Waals surface area contributed by atoms with E-state index in [1.54, 1.807) is 0 Å². The molecule has 0 heterocycles. The van der Waals surface area contributed by atoms with Crippen LogP contribution in [0.25, 0.3) is 65.7 Å². The molecule has 0 spiro atoms. The van der Waals surface area contributed by atoms with Gasteiger partial charge in [0.2, 0.25) is 0 Å². The smallest absolute Gasteiger partial charge is 0.0159 e. The monoisotopic (exact) mass is 496 g/mol. The summed E-state index contributed by atoms with van der Waals surface area (Å²) < 4.78 is 0. The number of hydrogen-bond acceptors (Lipinski definition) is 0. The van der Waals surface area contributed by atoms with Crippen LogP contribution in [0.15, 0.2) is 133 Å². The van der Waals surface area contributed by atoms with Crippen LogP contribution in [0, 0.1) is 0 Å². The molecule has 184 valence electrons. The molecule has 1 aliphatic carbocycles. The van der Waals surface area contributed by atoms with Crippen molar-refractivity contribution in [3.05, 3.63) is 145 Å². The van der Waals surface area contributed by atoms with Gasteiger partial charge in [0.15, 0.2) is 0 Å². The first-order valence-corrected chi connectivity index (χ1v) is 13.8. The van der Waals surface area contributed by atoms with E-state index in [4.69, 9.17) is 0 Å². The normalized spacial score (nSPS) is 13.6. The number of fused-ring (bicyclic) bond motifs is 5. The van der Waals surface area contributed by atoms with Gasteiger partial charge in [0.25, 0.3) is 0 Å². The van der Waals surface area contributed by atoms with Crippen molar-refractivity contribution in [2.24, 2.45) is 0 Å². The summed E-state index contributed by atoms with van der Waals surface area (Å²) in [5, 5.41) is 7.94. The molecule has 7 aromatic rings. The molecule has 0 unspecified atom stereocenters. The van der Waals surface area contributed by atoms with Gasteiger partial charge in [-0.2, -0.15) is 0 Å². The third-order valence-corrected chi connectivity index (χ3v) is 8.87. The molecule has 39 heavy (non-hydrogen) atoms. The molecule has 0 amide bonds. The Hall–Kier alpha value is -4.68. The second kappa shape index (κ2) is 8.16. The van der Waals surface area contributed by atoms with Crippen LogP contribution in [-0.2, 0) is 5.41 Å². The molecule has 0 aromatic heterocycles. The molecule has 0 radical (unpaired) electrons. The van der Waals surface area contributed by atoms with E-state index in [-0.39, 0.29) is 5.41 Å². The zero-order chi connectivity index (χ0) is 26.1. The number of benzene rings is 7. The van der Waals surface area contributed by atoms with Crippen LogP contribution in [0.1, 0.15) is 25.0 Å². The second-order valence-electron chi connectivity index (χ2n) is 11.3. The van der Waals surface area contributed by atoms with Gasteiger partial charge in [0.1, 0.15) is 0 Å². The lowest BCUT2D eigenvalue weighted by Crippen LogP contribution is -2.23. The van der Waals surface area contributed by atoms with Crippen LogP contribution in [0.3, 0.4) is 0 Å². The van der Waals surface area contributed by atoms with Gasteiger partial charge in [-0.1, -0.05) is 147 Å². The van der Waals surface area contributed by atoms with E-state index in [0.29, 0.717) is 0 Å². The summed E-state index contributed by atoms with van der Waals surface area (Å²) >= 11 is 0. The average molecular weight is 497 g/mol. The summed E-state index contributed by atoms with van der Waals surface area (Å²) in [7, 11) is 0. The summed E-state index contributed by atoms with van der Waals surface area (Å²) in [4.78, 5) is 0. The predicted octanol–water partition coefficient (Wildman–Crippen LogP) is 10.8. The Morgan fingerprint density at radius 3 is 1.67 bits per heavy atom. The molecular weight excluding hydrogens is 468 g/mol. The Morgan fingerprint density at radius 1 is 0.359 bits per heavy atom. The molecule has 0 N–H and O–H groups in total. The topological polar surface area (TPSA) is 0 Å². The Morgan fingerprint density at radius 2 is 0.872 bits per heavy atom. The Labute approximate surface area is 229 Å². The quantitative estimate of drug-likeness (QED) is 0.209. The predicted molar refractivity (Wildman–Crippen MR) is 167 cm³/mol. The molecule has 0 bridgehead atoms. The summed E-state index contributed by atoms with van der Waals surface area (Å²) in [6.45, 7) is 4.75. The van der Waals surface area contributed by atoms with Gasteiger partial charge in [0, 0.05) is 5.41 Å². The minimum Gasteiger partial charge on any atom is -0.0622 e. The van der Waals surface area contributed by atoms with Gasteiger partial charge in [0.05, 0.1) is 0 Å². The van der Waals surface area contributed by atoms with Crippen LogP contribution >= 0.6 is 0 Å². The Bertz CT molecular complexity index is 2080. The van der Waals surface area contributed by atoms with Crippen molar-refractivity contribution in [2.45, 2.75) is 19.3 Å². The molecule has 8 rings (SSSR count). The fraction of sp³-hybridized carbons (Fsp3) is 0.0769. The molecule has 7 aromatic carbocycles. The van der Waals surface area contributed by atoms with Crippen LogP contribution in [-0.4, -0.2) is 0 Å². The van der Waals surface area contributed by atoms with Crippen molar-refractivity contribution < 1.29 is 0 Å². The van der Waals surface area contributed by atoms with E-state index in [2.05, 4.69) is 147 Å². The molecule has 1 aliphatic rings. The maximum absolute atomic E-state index is 2.38. The molecule has 0 aliphatic heterocycles. The number of hydrogen-bond donors (Lipinski definition) is 0. The highest BCUT2D eigenvalue weighted by molar-refractivity contribution is 6.25. The molecule has 0 saturated carbocycles. The summed E-state index contributed by atoms with van der Waals surface area (Å²) in [5.41, 5.74) is 10.6. The first-order valence-electron chi connectivity index (χ1n) is 13.8. The third kappa shape index (κ3) is 3.06. The molecule has 0 fully saturated rings. The van der Waals surface area contributed by atoms with Crippen molar-refractivity contribution in [1.29, 1.82) is 0 Å². The van der Waals surface area contributed by atoms with E-state index >= 15 is 0 Å². The van der Waals surface area contributed by atoms with Crippen molar-refractivity contribution in [2.75, 3.05) is 0 Å². The van der Waals surface area contributed by atoms with Crippen molar-refractivity contribution in [1.82, 2.24) is 0 Å². The van der Waals surface area contributed by atoms with Crippen LogP contribution in [0.2, 0.25) is 0 Å². The van der Waals surface area contributed by atoms with E-state index in [1.165, 1.54) is 76.8 Å². The van der Waals surface area contributed by atoms with E-state index in [0.717, 1.165) is 0 Å². The van der Waals surface area contributed by atoms with E-state index < -0.39 is 0 Å². The molecule has 0 heteroatoms. The van der Waals surface area contributed by atoms with Gasteiger partial charge in [-0.15, -0.1) is 0 Å². The zero-order valence-electron chi connectivity index (χ0n) is 22.2. The van der Waals surface area contributed by atoms with Gasteiger partial charge >= 0.3 is 0 Å². The SMILES string of the molecule is CC1(C)c2ccccc2-c2c3ccccc3c(-c3cccc4c(-c5ccccc5)cccc34)c3cccc1c23. The minimum absolute atomic E-state index is 0.0813. The van der Waals surface area contributed by atoms with Crippen LogP contribution in [0.5, 0.6) is 0 Å². The first-order chi connectivity index (χ1) is 19.1. The largest absolute Gasteiger partial charge is 0.0622 e. The molecule has 0 saturated heterocycles. The average Bonchev–Trinajstić information content (AvgIpc) is 2.99. The van der Waals surface area contributed by atoms with Gasteiger partial charge in [-0.3, -0.25) is 0 Å². The van der Waals surface area contributed by atoms with E-state index in [1.807, 2.05) is 0 Å². The fourth-order valence-corrected chi connectivity index (χ4v) is 7.11. The van der Waals surface area contributed by atoms with Crippen molar-refractivity contribution in [3.63, 3.8) is 0 Å². The summed E-state index contributed by atoms with van der Waals surface area (Å²) in [6.07, 6.45) is 0. The lowest BCUT2D eigenvalue weighted by molar-refractivity contribution is 0.645. The highest BCUT2D eigenvalue weighted by Crippen LogP contribution is 2.54. The van der Waals surface area contributed by atoms with Crippen LogP contribution in [0.4, 0.5) is 0 Å². The van der Waals surface area contributed by atoms with Crippen molar-refractivity contribution >= 4 is 32.3 Å². The standard InChI is InChI=1S/C39H28/c1-39(2)34-23-9-8-17-32(34)37-31-16-7-6-15-30(31)36(33-22-12-24-35(39)38(33)37)29-21-11-19-27-26(18-10-20-28(27)29)25-13-4-3-5-14-25/h3-24H,1-2H3. The van der Waals surface area contributed by atoms with E-state index in [9.17, 15) is 0 Å². The Balaban J connectivity index is 1.56. The van der Waals surface area contributed by atoms with Crippen LogP contribution < -0.4 is 0 Å². The summed E-state index contributed by atoms with van der Waals surface area (Å²) in [5.74, 6) is 0. The molecule has 0 nitrogen and oxygen atoms in total. The summed E-state index contributed by atoms with van der Waals surface area (Å²) in [6, 6.07) is 49.3. The number of rotatable bonds is 2. The maximum atomic E-state index is 2.38. The second-order valence-corrected chi connectivity index (χ2v) is 11.3. The third-order valence-electron chi connectivity index (χ3n) is 8.87. The van der Waals surface area contributed by atoms with Gasteiger partial charge in [-0.05, 0) is 76.8 Å². The van der Waals surface area contributed by atoms with Gasteiger partial charge in [-0.25, -0.2) is 0 Å². The highest BCUT2D eigenvalue weighted by atomic mass is 14.4. The first kappa shape index (κ1) is 22.3. The lowest BCUT2D eigenvalue weighted by atomic mass is 9.67. The minimum atomic E-state index is -0.0813. The van der Waals surface area contributed by atoms with Crippen molar-refractivity contribution in [3.8, 4) is 33.4 Å². The molecule has 0 atom stereocenters.